The number of hydrogen-bond donors (Lipinski definition) is 3. The van der Waals surface area contributed by atoms with Gasteiger partial charge in [0.15, 0.2) is 0 Å². The minimum atomic E-state index is -0.289. The second kappa shape index (κ2) is 8.10. The number of aromatic amines is 1. The molecule has 0 unspecified atom stereocenters. The summed E-state index contributed by atoms with van der Waals surface area (Å²) in [5, 5.41) is 6.99. The summed E-state index contributed by atoms with van der Waals surface area (Å²) in [4.78, 5) is 19.3. The van der Waals surface area contributed by atoms with E-state index in [2.05, 4.69) is 44.3 Å². The van der Waals surface area contributed by atoms with Gasteiger partial charge in [0, 0.05) is 31.9 Å². The Kier molecular flexibility index (Phi) is 5.38. The molecule has 3 aromatic rings. The highest BCUT2D eigenvalue weighted by Gasteiger charge is 2.19. The Labute approximate surface area is 163 Å². The molecule has 1 aliphatic heterocycles. The number of aromatic nitrogens is 4. The Hall–Kier alpha value is -2.74. The number of hydrogen-bond acceptors (Lipinski definition) is 6. The zero-order valence-corrected chi connectivity index (χ0v) is 16.3. The van der Waals surface area contributed by atoms with Crippen LogP contribution in [0.15, 0.2) is 24.4 Å². The van der Waals surface area contributed by atoms with Crippen molar-refractivity contribution in [3.8, 4) is 11.4 Å². The Morgan fingerprint density at radius 3 is 2.86 bits per heavy atom. The third-order valence-electron chi connectivity index (χ3n) is 5.16. The predicted molar refractivity (Wildman–Crippen MR) is 110 cm³/mol. The molecule has 1 aliphatic rings. The quantitative estimate of drug-likeness (QED) is 0.607. The van der Waals surface area contributed by atoms with Crippen molar-refractivity contribution in [3.05, 3.63) is 30.2 Å². The minimum absolute atomic E-state index is 0.289. The third-order valence-corrected chi connectivity index (χ3v) is 5.16. The van der Waals surface area contributed by atoms with Crippen LogP contribution in [-0.2, 0) is 0 Å². The van der Waals surface area contributed by atoms with E-state index in [1.54, 1.807) is 12.3 Å². The van der Waals surface area contributed by atoms with Crippen molar-refractivity contribution >= 4 is 22.8 Å². The molecule has 0 saturated carbocycles. The first kappa shape index (κ1) is 18.6. The van der Waals surface area contributed by atoms with E-state index in [4.69, 9.17) is 4.98 Å². The van der Waals surface area contributed by atoms with Crippen LogP contribution in [-0.4, -0.2) is 52.2 Å². The number of nitrogens with zero attached hydrogens (tertiary/aromatic N) is 4. The molecule has 2 aromatic heterocycles. The van der Waals surface area contributed by atoms with E-state index in [9.17, 15) is 4.39 Å². The molecular weight excluding hydrogens is 357 g/mol. The standard InChI is InChI=1S/C20H26FN7/c1-3-28(4-2)20-23-12-15(18(27-20)24-14-6-5-9-22-11-14)19-25-16-8-7-13(21)10-17(16)26-19/h7-8,10,12,14,22H,3-6,9,11H2,1-2H3,(H,25,26)(H,23,24,27)/t14-/m0/s1. The first-order chi connectivity index (χ1) is 13.7. The highest BCUT2D eigenvalue weighted by molar-refractivity contribution is 5.82. The van der Waals surface area contributed by atoms with Crippen LogP contribution in [0.5, 0.6) is 0 Å². The van der Waals surface area contributed by atoms with Gasteiger partial charge in [0.05, 0.1) is 16.6 Å². The number of halogens is 1. The van der Waals surface area contributed by atoms with Gasteiger partial charge < -0.3 is 20.5 Å². The Balaban J connectivity index is 1.74. The Morgan fingerprint density at radius 2 is 2.11 bits per heavy atom. The molecule has 0 radical (unpaired) electrons. The smallest absolute Gasteiger partial charge is 0.227 e. The lowest BCUT2D eigenvalue weighted by atomic mass is 10.1. The largest absolute Gasteiger partial charge is 0.365 e. The zero-order chi connectivity index (χ0) is 19.5. The summed E-state index contributed by atoms with van der Waals surface area (Å²) in [6.45, 7) is 7.80. The van der Waals surface area contributed by atoms with Gasteiger partial charge in [-0.15, -0.1) is 0 Å². The molecule has 3 heterocycles. The monoisotopic (exact) mass is 383 g/mol. The van der Waals surface area contributed by atoms with Crippen molar-refractivity contribution in [2.75, 3.05) is 36.4 Å². The number of imidazole rings is 1. The van der Waals surface area contributed by atoms with Gasteiger partial charge in [0.1, 0.15) is 17.5 Å². The van der Waals surface area contributed by atoms with E-state index in [1.807, 2.05) is 0 Å². The van der Waals surface area contributed by atoms with Gasteiger partial charge in [-0.1, -0.05) is 0 Å². The SMILES string of the molecule is CCN(CC)c1ncc(-c2nc3ccc(F)cc3[nH]2)c(N[C@H]2CCCNC2)n1. The molecule has 1 aromatic carbocycles. The van der Waals surface area contributed by atoms with E-state index < -0.39 is 0 Å². The van der Waals surface area contributed by atoms with E-state index in [0.717, 1.165) is 55.9 Å². The summed E-state index contributed by atoms with van der Waals surface area (Å²) in [7, 11) is 0. The van der Waals surface area contributed by atoms with Gasteiger partial charge in [0.25, 0.3) is 0 Å². The molecule has 0 bridgehead atoms. The molecule has 0 spiro atoms. The predicted octanol–water partition coefficient (Wildman–Crippen LogP) is 3.17. The van der Waals surface area contributed by atoms with Crippen LogP contribution in [0.1, 0.15) is 26.7 Å². The van der Waals surface area contributed by atoms with Gasteiger partial charge >= 0.3 is 0 Å². The molecule has 1 saturated heterocycles. The van der Waals surface area contributed by atoms with Crippen molar-refractivity contribution < 1.29 is 4.39 Å². The second-order valence-corrected chi connectivity index (χ2v) is 7.04. The lowest BCUT2D eigenvalue weighted by molar-refractivity contribution is 0.479. The molecule has 148 valence electrons. The highest BCUT2D eigenvalue weighted by atomic mass is 19.1. The highest BCUT2D eigenvalue weighted by Crippen LogP contribution is 2.28. The summed E-state index contributed by atoms with van der Waals surface area (Å²) in [6.07, 6.45) is 4.01. The molecule has 28 heavy (non-hydrogen) atoms. The fourth-order valence-corrected chi connectivity index (χ4v) is 3.59. The number of fused-ring (bicyclic) bond motifs is 1. The fourth-order valence-electron chi connectivity index (χ4n) is 3.59. The summed E-state index contributed by atoms with van der Waals surface area (Å²) in [5.74, 6) is 1.80. The van der Waals surface area contributed by atoms with Crippen LogP contribution in [0.2, 0.25) is 0 Å². The molecule has 3 N–H and O–H groups in total. The number of anilines is 2. The maximum Gasteiger partial charge on any atom is 0.227 e. The van der Waals surface area contributed by atoms with E-state index in [1.165, 1.54) is 12.1 Å². The fraction of sp³-hybridized carbons (Fsp3) is 0.450. The van der Waals surface area contributed by atoms with Crippen molar-refractivity contribution in [3.63, 3.8) is 0 Å². The van der Waals surface area contributed by atoms with Crippen LogP contribution >= 0.6 is 0 Å². The number of nitrogens with one attached hydrogen (secondary N) is 3. The number of H-pyrrole nitrogens is 1. The summed E-state index contributed by atoms with van der Waals surface area (Å²) < 4.78 is 13.6. The maximum atomic E-state index is 13.6. The Bertz CT molecular complexity index is 945. The average Bonchev–Trinajstić information content (AvgIpc) is 3.13. The third kappa shape index (κ3) is 3.77. The van der Waals surface area contributed by atoms with Gasteiger partial charge in [-0.25, -0.2) is 14.4 Å². The zero-order valence-electron chi connectivity index (χ0n) is 16.3. The lowest BCUT2D eigenvalue weighted by Gasteiger charge is -2.26. The molecule has 8 heteroatoms. The van der Waals surface area contributed by atoms with E-state index in [-0.39, 0.29) is 5.82 Å². The van der Waals surface area contributed by atoms with Crippen LogP contribution in [0.25, 0.3) is 22.4 Å². The average molecular weight is 383 g/mol. The van der Waals surface area contributed by atoms with Crippen molar-refractivity contribution in [1.82, 2.24) is 25.3 Å². The normalized spacial score (nSPS) is 17.0. The molecule has 4 rings (SSSR count). The van der Waals surface area contributed by atoms with Crippen molar-refractivity contribution in [1.29, 1.82) is 0 Å². The molecule has 1 atom stereocenters. The molecule has 7 nitrogen and oxygen atoms in total. The lowest BCUT2D eigenvalue weighted by Crippen LogP contribution is -2.39. The van der Waals surface area contributed by atoms with E-state index >= 15 is 0 Å². The molecule has 0 amide bonds. The number of rotatable bonds is 6. The number of piperidine rings is 1. The molecule has 0 aliphatic carbocycles. The van der Waals surface area contributed by atoms with Gasteiger partial charge in [-0.2, -0.15) is 4.98 Å². The minimum Gasteiger partial charge on any atom is -0.365 e. The van der Waals surface area contributed by atoms with Crippen LogP contribution in [0.4, 0.5) is 16.2 Å². The van der Waals surface area contributed by atoms with Gasteiger partial charge in [-0.05, 0) is 51.4 Å². The van der Waals surface area contributed by atoms with Crippen LogP contribution in [0.3, 0.4) is 0 Å². The second-order valence-electron chi connectivity index (χ2n) is 7.04. The van der Waals surface area contributed by atoms with Crippen molar-refractivity contribution in [2.45, 2.75) is 32.7 Å². The maximum absolute atomic E-state index is 13.6. The molecule has 1 fully saturated rings. The summed E-state index contributed by atoms with van der Waals surface area (Å²) >= 11 is 0. The molecular formula is C20H26FN7. The van der Waals surface area contributed by atoms with Gasteiger partial charge in [-0.3, -0.25) is 0 Å². The van der Waals surface area contributed by atoms with Crippen LogP contribution in [0, 0.1) is 5.82 Å². The van der Waals surface area contributed by atoms with Crippen molar-refractivity contribution in [2.24, 2.45) is 0 Å². The summed E-state index contributed by atoms with van der Waals surface area (Å²) in [6, 6.07) is 4.84. The summed E-state index contributed by atoms with van der Waals surface area (Å²) in [5.41, 5.74) is 2.17. The first-order valence-electron chi connectivity index (χ1n) is 9.92. The first-order valence-corrected chi connectivity index (χ1v) is 9.92. The number of benzene rings is 1. The Morgan fingerprint density at radius 1 is 1.25 bits per heavy atom. The van der Waals surface area contributed by atoms with Crippen LogP contribution < -0.4 is 15.5 Å². The van der Waals surface area contributed by atoms with Gasteiger partial charge in [0.2, 0.25) is 5.95 Å². The van der Waals surface area contributed by atoms with E-state index in [0.29, 0.717) is 23.3 Å². The topological polar surface area (TPSA) is 81.8 Å².